The summed E-state index contributed by atoms with van der Waals surface area (Å²) in [5.41, 5.74) is 16.6. The van der Waals surface area contributed by atoms with E-state index in [1.54, 1.807) is 0 Å². The zero-order valence-electron chi connectivity index (χ0n) is 31.8. The quantitative estimate of drug-likeness (QED) is 0.140. The van der Waals surface area contributed by atoms with Gasteiger partial charge in [-0.15, -0.1) is 0 Å². The molecule has 0 N–H and O–H groups in total. The first-order chi connectivity index (χ1) is 28.2. The highest BCUT2D eigenvalue weighted by Gasteiger charge is 2.20. The zero-order valence-corrected chi connectivity index (χ0v) is 31.8. The second-order valence-electron chi connectivity index (χ2n) is 14.3. The molecule has 8 aromatic carbocycles. The third kappa shape index (κ3) is 7.65. The van der Waals surface area contributed by atoms with Gasteiger partial charge in [0.25, 0.3) is 0 Å². The van der Waals surface area contributed by atoms with E-state index < -0.39 is 0 Å². The standard InChI is InChI=1S/C54H41N3/c1-39-52(53(44-21-11-4-12-22-44)56-54(55-39)45-23-13-5-14-24-45)51-38-46(27-28-47(51)37-40-17-7-2-8-18-40)43-31-35-50(36-32-43)57(48-25-15-6-16-26-48)49-33-29-42(30-34-49)41-19-9-3-10-20-41/h2-36,38H,37H2,1H3. The molecule has 0 spiro atoms. The number of rotatable bonds is 10. The molecule has 57 heavy (non-hydrogen) atoms. The summed E-state index contributed by atoms with van der Waals surface area (Å²) in [4.78, 5) is 12.8. The third-order valence-electron chi connectivity index (χ3n) is 10.5. The Morgan fingerprint density at radius 1 is 0.386 bits per heavy atom. The molecule has 3 nitrogen and oxygen atoms in total. The Balaban J connectivity index is 1.14. The van der Waals surface area contributed by atoms with Crippen molar-refractivity contribution in [2.75, 3.05) is 4.90 Å². The average Bonchev–Trinajstić information content (AvgIpc) is 3.28. The number of anilines is 3. The summed E-state index contributed by atoms with van der Waals surface area (Å²) >= 11 is 0. The largest absolute Gasteiger partial charge is 0.311 e. The number of aryl methyl sites for hydroxylation is 1. The van der Waals surface area contributed by atoms with E-state index in [2.05, 4.69) is 212 Å². The van der Waals surface area contributed by atoms with E-state index >= 15 is 0 Å². The van der Waals surface area contributed by atoms with Crippen molar-refractivity contribution in [2.24, 2.45) is 0 Å². The summed E-state index contributed by atoms with van der Waals surface area (Å²) in [6.45, 7) is 2.12. The van der Waals surface area contributed by atoms with Crippen molar-refractivity contribution in [1.29, 1.82) is 0 Å². The van der Waals surface area contributed by atoms with Crippen LogP contribution in [-0.4, -0.2) is 9.97 Å². The summed E-state index contributed by atoms with van der Waals surface area (Å²) in [5.74, 6) is 0.727. The van der Waals surface area contributed by atoms with Gasteiger partial charge in [-0.25, -0.2) is 9.97 Å². The molecule has 0 atom stereocenters. The minimum atomic E-state index is 0.727. The minimum absolute atomic E-state index is 0.727. The lowest BCUT2D eigenvalue weighted by Gasteiger charge is -2.26. The van der Waals surface area contributed by atoms with Crippen LogP contribution in [0.3, 0.4) is 0 Å². The first-order valence-electron chi connectivity index (χ1n) is 19.5. The van der Waals surface area contributed by atoms with E-state index in [9.17, 15) is 0 Å². The zero-order chi connectivity index (χ0) is 38.4. The molecule has 3 heteroatoms. The summed E-state index contributed by atoms with van der Waals surface area (Å²) < 4.78 is 0. The molecule has 1 aromatic heterocycles. The fourth-order valence-electron chi connectivity index (χ4n) is 7.64. The van der Waals surface area contributed by atoms with Gasteiger partial charge in [-0.2, -0.15) is 0 Å². The first kappa shape index (κ1) is 35.3. The number of benzene rings is 8. The molecule has 0 aliphatic carbocycles. The number of hydrogen-bond acceptors (Lipinski definition) is 3. The number of nitrogens with zero attached hydrogens (tertiary/aromatic N) is 3. The van der Waals surface area contributed by atoms with E-state index in [0.29, 0.717) is 0 Å². The summed E-state index contributed by atoms with van der Waals surface area (Å²) in [6.07, 6.45) is 0.790. The molecule has 0 fully saturated rings. The minimum Gasteiger partial charge on any atom is -0.311 e. The smallest absolute Gasteiger partial charge is 0.160 e. The van der Waals surface area contributed by atoms with E-state index in [-0.39, 0.29) is 0 Å². The summed E-state index contributed by atoms with van der Waals surface area (Å²) in [5, 5.41) is 0. The van der Waals surface area contributed by atoms with E-state index in [0.717, 1.165) is 74.1 Å². The Labute approximate surface area is 335 Å². The molecule has 0 bridgehead atoms. The predicted octanol–water partition coefficient (Wildman–Crippen LogP) is 14.2. The predicted molar refractivity (Wildman–Crippen MR) is 238 cm³/mol. The second-order valence-corrected chi connectivity index (χ2v) is 14.3. The maximum Gasteiger partial charge on any atom is 0.160 e. The van der Waals surface area contributed by atoms with Gasteiger partial charge in [0.2, 0.25) is 0 Å². The van der Waals surface area contributed by atoms with Crippen molar-refractivity contribution in [1.82, 2.24) is 9.97 Å². The maximum absolute atomic E-state index is 5.30. The molecule has 0 saturated carbocycles. The fraction of sp³-hybridized carbons (Fsp3) is 0.0370. The van der Waals surface area contributed by atoms with Gasteiger partial charge >= 0.3 is 0 Å². The molecule has 0 radical (unpaired) electrons. The Morgan fingerprint density at radius 2 is 0.825 bits per heavy atom. The van der Waals surface area contributed by atoms with E-state index in [1.807, 2.05) is 18.2 Å². The van der Waals surface area contributed by atoms with Crippen LogP contribution in [0.1, 0.15) is 16.8 Å². The van der Waals surface area contributed by atoms with Crippen LogP contribution in [-0.2, 0) is 6.42 Å². The Bertz CT molecular complexity index is 2710. The molecule has 9 rings (SSSR count). The lowest BCUT2D eigenvalue weighted by molar-refractivity contribution is 1.11. The fourth-order valence-corrected chi connectivity index (χ4v) is 7.64. The highest BCUT2D eigenvalue weighted by atomic mass is 15.1. The van der Waals surface area contributed by atoms with Crippen molar-refractivity contribution in [3.8, 4) is 56.0 Å². The number of para-hydroxylation sites is 1. The van der Waals surface area contributed by atoms with Crippen LogP contribution in [0, 0.1) is 6.92 Å². The molecule has 1 heterocycles. The van der Waals surface area contributed by atoms with Crippen molar-refractivity contribution in [2.45, 2.75) is 13.3 Å². The lowest BCUT2D eigenvalue weighted by atomic mass is 9.88. The Hall–Kier alpha value is -7.36. The molecule has 0 aliphatic rings. The van der Waals surface area contributed by atoms with Gasteiger partial charge in [0, 0.05) is 39.4 Å². The van der Waals surface area contributed by atoms with Crippen LogP contribution in [0.25, 0.3) is 56.0 Å². The molecule has 0 unspecified atom stereocenters. The van der Waals surface area contributed by atoms with Crippen molar-refractivity contribution in [3.63, 3.8) is 0 Å². The topological polar surface area (TPSA) is 29.0 Å². The van der Waals surface area contributed by atoms with Crippen molar-refractivity contribution >= 4 is 17.1 Å². The molecule has 272 valence electrons. The van der Waals surface area contributed by atoms with Gasteiger partial charge in [0.15, 0.2) is 5.82 Å². The maximum atomic E-state index is 5.30. The molecule has 0 saturated heterocycles. The van der Waals surface area contributed by atoms with Gasteiger partial charge in [-0.05, 0) is 94.8 Å². The molecule has 0 aliphatic heterocycles. The second kappa shape index (κ2) is 16.2. The normalized spacial score (nSPS) is 11.0. The van der Waals surface area contributed by atoms with Crippen molar-refractivity contribution in [3.05, 3.63) is 235 Å². The van der Waals surface area contributed by atoms with Crippen LogP contribution in [0.5, 0.6) is 0 Å². The highest BCUT2D eigenvalue weighted by Crippen LogP contribution is 2.41. The molecular formula is C54H41N3. The van der Waals surface area contributed by atoms with Crippen LogP contribution >= 0.6 is 0 Å². The SMILES string of the molecule is Cc1nc(-c2ccccc2)nc(-c2ccccc2)c1-c1cc(-c2ccc(N(c3ccccc3)c3ccc(-c4ccccc4)cc3)cc2)ccc1Cc1ccccc1. The Morgan fingerprint density at radius 3 is 1.40 bits per heavy atom. The molecule has 9 aromatic rings. The number of hydrogen-bond donors (Lipinski definition) is 0. The summed E-state index contributed by atoms with van der Waals surface area (Å²) in [6, 6.07) is 77.2. The van der Waals surface area contributed by atoms with Crippen LogP contribution < -0.4 is 4.90 Å². The van der Waals surface area contributed by atoms with Gasteiger partial charge in [0.05, 0.1) is 5.69 Å². The van der Waals surface area contributed by atoms with Crippen LogP contribution in [0.4, 0.5) is 17.1 Å². The van der Waals surface area contributed by atoms with Crippen LogP contribution in [0.15, 0.2) is 218 Å². The van der Waals surface area contributed by atoms with Gasteiger partial charge in [-0.3, -0.25) is 0 Å². The van der Waals surface area contributed by atoms with E-state index in [1.165, 1.54) is 22.3 Å². The van der Waals surface area contributed by atoms with Crippen molar-refractivity contribution < 1.29 is 0 Å². The van der Waals surface area contributed by atoms with Gasteiger partial charge < -0.3 is 4.90 Å². The summed E-state index contributed by atoms with van der Waals surface area (Å²) in [7, 11) is 0. The van der Waals surface area contributed by atoms with Gasteiger partial charge in [0.1, 0.15) is 0 Å². The average molecular weight is 732 g/mol. The third-order valence-corrected chi connectivity index (χ3v) is 10.5. The van der Waals surface area contributed by atoms with Crippen LogP contribution in [0.2, 0.25) is 0 Å². The monoisotopic (exact) mass is 731 g/mol. The highest BCUT2D eigenvalue weighted by molar-refractivity contribution is 5.88. The van der Waals surface area contributed by atoms with E-state index in [4.69, 9.17) is 9.97 Å². The first-order valence-corrected chi connectivity index (χ1v) is 19.5. The molecular weight excluding hydrogens is 691 g/mol. The number of aromatic nitrogens is 2. The lowest BCUT2D eigenvalue weighted by Crippen LogP contribution is -2.09. The van der Waals surface area contributed by atoms with Gasteiger partial charge in [-0.1, -0.05) is 176 Å². The Kier molecular flexibility index (Phi) is 10.0. The molecule has 0 amide bonds.